The van der Waals surface area contributed by atoms with Crippen LogP contribution >= 0.6 is 0 Å². The van der Waals surface area contributed by atoms with E-state index in [0.717, 1.165) is 21.6 Å². The molecule has 0 saturated carbocycles. The van der Waals surface area contributed by atoms with Gasteiger partial charge in [-0.25, -0.2) is 4.79 Å². The van der Waals surface area contributed by atoms with Gasteiger partial charge in [-0.05, 0) is 36.8 Å². The van der Waals surface area contributed by atoms with Crippen molar-refractivity contribution in [2.45, 2.75) is 32.0 Å². The van der Waals surface area contributed by atoms with Crippen LogP contribution in [0, 0.1) is 0 Å². The number of furan rings is 1. The van der Waals surface area contributed by atoms with E-state index in [4.69, 9.17) is 9.15 Å². The lowest BCUT2D eigenvalue weighted by Gasteiger charge is -2.11. The van der Waals surface area contributed by atoms with Gasteiger partial charge >= 0.3 is 6.03 Å². The molecule has 3 heterocycles. The highest BCUT2D eigenvalue weighted by atomic mass is 16.5. The van der Waals surface area contributed by atoms with Crippen LogP contribution in [-0.2, 0) is 22.7 Å². The molecular weight excluding hydrogens is 400 g/mol. The van der Waals surface area contributed by atoms with E-state index in [-0.39, 0.29) is 31.2 Å². The summed E-state index contributed by atoms with van der Waals surface area (Å²) in [6.07, 6.45) is 3.84. The molecule has 1 aliphatic rings. The maximum Gasteiger partial charge on any atom is 0.325 e. The molecule has 1 fully saturated rings. The average molecular weight is 424 g/mol. The number of aromatic nitrogens is 1. The van der Waals surface area contributed by atoms with Crippen LogP contribution in [0.5, 0.6) is 5.75 Å². The number of nitrogens with one attached hydrogen (secondary N) is 2. The number of amides is 4. The zero-order valence-corrected chi connectivity index (χ0v) is 17.2. The van der Waals surface area contributed by atoms with Gasteiger partial charge in [0.15, 0.2) is 0 Å². The van der Waals surface area contributed by atoms with Crippen molar-refractivity contribution in [2.75, 3.05) is 13.7 Å². The van der Waals surface area contributed by atoms with Crippen LogP contribution < -0.4 is 15.4 Å². The van der Waals surface area contributed by atoms with Crippen LogP contribution in [0.1, 0.15) is 18.6 Å². The fourth-order valence-corrected chi connectivity index (χ4v) is 3.73. The van der Waals surface area contributed by atoms with Gasteiger partial charge in [0.2, 0.25) is 5.91 Å². The van der Waals surface area contributed by atoms with Crippen molar-refractivity contribution in [1.29, 1.82) is 0 Å². The van der Waals surface area contributed by atoms with Gasteiger partial charge < -0.3 is 24.4 Å². The summed E-state index contributed by atoms with van der Waals surface area (Å²) in [5.74, 6) is 0.823. The first kappa shape index (κ1) is 20.5. The monoisotopic (exact) mass is 424 g/mol. The number of hydrogen-bond donors (Lipinski definition) is 2. The third kappa shape index (κ3) is 4.40. The summed E-state index contributed by atoms with van der Waals surface area (Å²) in [6, 6.07) is 10.1. The van der Waals surface area contributed by atoms with Crippen molar-refractivity contribution in [3.8, 4) is 5.75 Å². The Kier molecular flexibility index (Phi) is 5.92. The van der Waals surface area contributed by atoms with Crippen LogP contribution in [0.15, 0.2) is 53.3 Å². The minimum atomic E-state index is -0.700. The number of nitrogens with zero attached hydrogens (tertiary/aromatic N) is 2. The highest BCUT2D eigenvalue weighted by Crippen LogP contribution is 2.26. The van der Waals surface area contributed by atoms with E-state index in [1.54, 1.807) is 19.2 Å². The molecule has 162 valence electrons. The standard InChI is InChI=1S/C22H24N4O5/c1-30-19-6-2-5-18-16(19)9-11-25(18)12-10-23-20(27)8-7-17-21(28)26(22(29)24-17)14-15-4-3-13-31-15/h2-6,9,11,13,17H,7-8,10,12,14H2,1H3,(H,23,27)(H,24,29)/t17-/m0/s1. The van der Waals surface area contributed by atoms with Gasteiger partial charge in [0.1, 0.15) is 17.6 Å². The number of carbonyl (C=O) groups excluding carboxylic acids is 3. The Bertz CT molecular complexity index is 1090. The van der Waals surface area contributed by atoms with Crippen LogP contribution in [0.2, 0.25) is 0 Å². The molecule has 0 aliphatic carbocycles. The number of rotatable bonds is 9. The molecule has 0 radical (unpaired) electrons. The first-order chi connectivity index (χ1) is 15.1. The smallest absolute Gasteiger partial charge is 0.325 e. The minimum absolute atomic E-state index is 0.0793. The summed E-state index contributed by atoms with van der Waals surface area (Å²) in [7, 11) is 1.64. The molecule has 1 atom stereocenters. The van der Waals surface area contributed by atoms with Gasteiger partial charge in [0.25, 0.3) is 5.91 Å². The zero-order chi connectivity index (χ0) is 21.8. The van der Waals surface area contributed by atoms with Gasteiger partial charge in [-0.3, -0.25) is 14.5 Å². The van der Waals surface area contributed by atoms with Crippen molar-refractivity contribution in [3.05, 3.63) is 54.6 Å². The van der Waals surface area contributed by atoms with Gasteiger partial charge in [-0.1, -0.05) is 6.07 Å². The minimum Gasteiger partial charge on any atom is -0.496 e. The van der Waals surface area contributed by atoms with E-state index < -0.39 is 12.1 Å². The lowest BCUT2D eigenvalue weighted by Crippen LogP contribution is -2.33. The number of hydrogen-bond acceptors (Lipinski definition) is 5. The zero-order valence-electron chi connectivity index (χ0n) is 17.2. The van der Waals surface area contributed by atoms with Crippen LogP contribution in [0.3, 0.4) is 0 Å². The molecule has 4 amide bonds. The molecule has 9 heteroatoms. The molecule has 3 aromatic rings. The predicted molar refractivity (Wildman–Crippen MR) is 112 cm³/mol. The average Bonchev–Trinajstić information content (AvgIpc) is 3.49. The Morgan fingerprint density at radius 2 is 2.10 bits per heavy atom. The molecule has 4 rings (SSSR count). The van der Waals surface area contributed by atoms with Crippen LogP contribution in [0.25, 0.3) is 10.9 Å². The Morgan fingerprint density at radius 1 is 1.23 bits per heavy atom. The van der Waals surface area contributed by atoms with Crippen LogP contribution in [0.4, 0.5) is 4.79 Å². The van der Waals surface area contributed by atoms with Gasteiger partial charge in [-0.15, -0.1) is 0 Å². The van der Waals surface area contributed by atoms with E-state index in [1.807, 2.05) is 35.0 Å². The first-order valence-corrected chi connectivity index (χ1v) is 10.1. The Labute approximate surface area is 178 Å². The second kappa shape index (κ2) is 8.95. The van der Waals surface area contributed by atoms with Gasteiger partial charge in [0.05, 0.1) is 25.4 Å². The number of methoxy groups -OCH3 is 1. The number of carbonyl (C=O) groups is 3. The van der Waals surface area contributed by atoms with Gasteiger partial charge in [-0.2, -0.15) is 0 Å². The van der Waals surface area contributed by atoms with Crippen molar-refractivity contribution < 1.29 is 23.5 Å². The van der Waals surface area contributed by atoms with E-state index in [1.165, 1.54) is 6.26 Å². The normalized spacial score (nSPS) is 16.0. The third-order valence-corrected chi connectivity index (χ3v) is 5.33. The second-order valence-electron chi connectivity index (χ2n) is 7.30. The molecule has 0 spiro atoms. The maximum atomic E-state index is 12.5. The van der Waals surface area contributed by atoms with Crippen molar-refractivity contribution in [2.24, 2.45) is 0 Å². The van der Waals surface area contributed by atoms with Crippen molar-refractivity contribution in [1.82, 2.24) is 20.1 Å². The van der Waals surface area contributed by atoms with Crippen LogP contribution in [-0.4, -0.2) is 47.0 Å². The summed E-state index contributed by atoms with van der Waals surface area (Å²) in [5, 5.41) is 6.52. The fourth-order valence-electron chi connectivity index (χ4n) is 3.73. The number of benzene rings is 1. The molecule has 1 saturated heterocycles. The topological polar surface area (TPSA) is 106 Å². The summed E-state index contributed by atoms with van der Waals surface area (Å²) in [6.45, 7) is 1.14. The number of urea groups is 1. The second-order valence-corrected chi connectivity index (χ2v) is 7.30. The summed E-state index contributed by atoms with van der Waals surface area (Å²) in [5.41, 5.74) is 1.03. The van der Waals surface area contributed by atoms with Gasteiger partial charge in [0, 0.05) is 31.1 Å². The highest BCUT2D eigenvalue weighted by molar-refractivity contribution is 6.04. The summed E-state index contributed by atoms with van der Waals surface area (Å²) >= 11 is 0. The lowest BCUT2D eigenvalue weighted by molar-refractivity contribution is -0.128. The quantitative estimate of drug-likeness (QED) is 0.513. The van der Waals surface area contributed by atoms with E-state index in [2.05, 4.69) is 10.6 Å². The summed E-state index contributed by atoms with van der Waals surface area (Å²) < 4.78 is 12.6. The number of fused-ring (bicyclic) bond motifs is 1. The molecular formula is C22H24N4O5. The molecule has 0 bridgehead atoms. The van der Waals surface area contributed by atoms with Crippen molar-refractivity contribution in [3.63, 3.8) is 0 Å². The summed E-state index contributed by atoms with van der Waals surface area (Å²) in [4.78, 5) is 37.8. The molecule has 2 aromatic heterocycles. The maximum absolute atomic E-state index is 12.5. The molecule has 0 unspecified atom stereocenters. The Morgan fingerprint density at radius 3 is 2.87 bits per heavy atom. The predicted octanol–water partition coefficient (Wildman–Crippen LogP) is 2.26. The fraction of sp³-hybridized carbons (Fsp3) is 0.318. The number of ether oxygens (including phenoxy) is 1. The molecule has 9 nitrogen and oxygen atoms in total. The van der Waals surface area contributed by atoms with Crippen molar-refractivity contribution >= 4 is 28.7 Å². The lowest BCUT2D eigenvalue weighted by atomic mass is 10.1. The Balaban J connectivity index is 1.24. The molecule has 2 N–H and O–H groups in total. The van der Waals surface area contributed by atoms with E-state index in [9.17, 15) is 14.4 Å². The van der Waals surface area contributed by atoms with E-state index in [0.29, 0.717) is 18.8 Å². The largest absolute Gasteiger partial charge is 0.496 e. The van der Waals surface area contributed by atoms with E-state index >= 15 is 0 Å². The molecule has 1 aliphatic heterocycles. The Hall–Kier alpha value is -3.75. The third-order valence-electron chi connectivity index (χ3n) is 5.33. The molecule has 1 aromatic carbocycles. The molecule has 31 heavy (non-hydrogen) atoms. The SMILES string of the molecule is COc1cccc2c1ccn2CCNC(=O)CC[C@@H]1NC(=O)N(Cc2ccco2)C1=O. The first-order valence-electron chi connectivity index (χ1n) is 10.1. The number of imide groups is 1. The highest BCUT2D eigenvalue weighted by Gasteiger charge is 2.38.